The Morgan fingerprint density at radius 2 is 1.53 bits per heavy atom. The van der Waals surface area contributed by atoms with E-state index in [2.05, 4.69) is 153 Å². The molecule has 49 heavy (non-hydrogen) atoms. The van der Waals surface area contributed by atoms with Gasteiger partial charge in [-0.1, -0.05) is 146 Å². The number of nitrogens with one attached hydrogen (secondary N) is 1. The average Bonchev–Trinajstić information content (AvgIpc) is 3.52. The van der Waals surface area contributed by atoms with Crippen molar-refractivity contribution in [1.82, 2.24) is 0 Å². The number of furan rings is 1. The molecule has 1 heterocycles. The smallest absolute Gasteiger partial charge is 0.143 e. The van der Waals surface area contributed by atoms with Crippen LogP contribution in [0, 0.1) is 5.41 Å². The Kier molecular flexibility index (Phi) is 8.87. The molecule has 6 aromatic rings. The molecule has 0 fully saturated rings. The Labute approximate surface area is 289 Å². The number of hydrogen-bond donors (Lipinski definition) is 1. The molecule has 0 saturated carbocycles. The summed E-state index contributed by atoms with van der Waals surface area (Å²) in [6.45, 7) is 11.5. The molecule has 0 aliphatic heterocycles. The topological polar surface area (TPSA) is 25.2 Å². The fraction of sp³-hybridized carbons (Fsp3) is 0.106. The van der Waals surface area contributed by atoms with Gasteiger partial charge in [0.25, 0.3) is 0 Å². The minimum absolute atomic E-state index is 0.221. The Morgan fingerprint density at radius 3 is 2.35 bits per heavy atom. The zero-order valence-corrected chi connectivity index (χ0v) is 28.2. The largest absolute Gasteiger partial charge is 0.455 e. The van der Waals surface area contributed by atoms with E-state index >= 15 is 0 Å². The third-order valence-corrected chi connectivity index (χ3v) is 9.56. The van der Waals surface area contributed by atoms with Crippen LogP contribution in [0.1, 0.15) is 31.4 Å². The van der Waals surface area contributed by atoms with E-state index in [-0.39, 0.29) is 5.41 Å². The van der Waals surface area contributed by atoms with Gasteiger partial charge >= 0.3 is 0 Å². The Hall–Kier alpha value is -5.86. The molecule has 5 aromatic carbocycles. The van der Waals surface area contributed by atoms with Crippen LogP contribution in [0.2, 0.25) is 0 Å². The Bertz CT molecular complexity index is 2420. The first-order valence-corrected chi connectivity index (χ1v) is 17.0. The van der Waals surface area contributed by atoms with Crippen LogP contribution in [0.3, 0.4) is 0 Å². The van der Waals surface area contributed by atoms with E-state index < -0.39 is 0 Å². The van der Waals surface area contributed by atoms with Gasteiger partial charge in [0, 0.05) is 38.4 Å². The van der Waals surface area contributed by atoms with Gasteiger partial charge < -0.3 is 9.73 Å². The van der Waals surface area contributed by atoms with Crippen molar-refractivity contribution in [3.63, 3.8) is 0 Å². The van der Waals surface area contributed by atoms with Crippen molar-refractivity contribution in [2.24, 2.45) is 5.41 Å². The highest BCUT2D eigenvalue weighted by molar-refractivity contribution is 6.09. The van der Waals surface area contributed by atoms with Gasteiger partial charge in [-0.2, -0.15) is 0 Å². The summed E-state index contributed by atoms with van der Waals surface area (Å²) in [6.07, 6.45) is 16.3. The van der Waals surface area contributed by atoms with E-state index in [1.807, 2.05) is 31.2 Å². The van der Waals surface area contributed by atoms with Crippen LogP contribution in [0.5, 0.6) is 0 Å². The van der Waals surface area contributed by atoms with Crippen molar-refractivity contribution in [1.29, 1.82) is 0 Å². The second-order valence-corrected chi connectivity index (χ2v) is 12.8. The van der Waals surface area contributed by atoms with Crippen LogP contribution < -0.4 is 15.8 Å². The van der Waals surface area contributed by atoms with Crippen LogP contribution in [0.4, 0.5) is 5.69 Å². The molecule has 0 bridgehead atoms. The lowest BCUT2D eigenvalue weighted by Crippen LogP contribution is -2.44. The van der Waals surface area contributed by atoms with Crippen molar-refractivity contribution >= 4 is 38.9 Å². The van der Waals surface area contributed by atoms with Gasteiger partial charge in [0.05, 0.1) is 0 Å². The molecule has 2 aliphatic carbocycles. The fourth-order valence-corrected chi connectivity index (χ4v) is 7.29. The first kappa shape index (κ1) is 31.7. The number of hydrogen-bond acceptors (Lipinski definition) is 2. The summed E-state index contributed by atoms with van der Waals surface area (Å²) in [6, 6.07) is 41.2. The predicted molar refractivity (Wildman–Crippen MR) is 210 cm³/mol. The molecule has 0 amide bonds. The molecule has 1 N–H and O–H groups in total. The average molecular weight is 636 g/mol. The van der Waals surface area contributed by atoms with Crippen molar-refractivity contribution in [2.45, 2.75) is 26.7 Å². The van der Waals surface area contributed by atoms with Crippen LogP contribution >= 0.6 is 0 Å². The third kappa shape index (κ3) is 5.81. The lowest BCUT2D eigenvalue weighted by molar-refractivity contribution is 0.544. The molecule has 240 valence electrons. The maximum atomic E-state index is 6.42. The number of benzene rings is 5. The molecule has 2 nitrogen and oxygen atoms in total. The minimum atomic E-state index is -0.221. The Morgan fingerprint density at radius 1 is 0.796 bits per heavy atom. The fourth-order valence-electron chi connectivity index (χ4n) is 7.29. The summed E-state index contributed by atoms with van der Waals surface area (Å²) in [5.74, 6) is 0. The van der Waals surface area contributed by atoms with Gasteiger partial charge in [0.1, 0.15) is 11.2 Å². The molecule has 2 aliphatic rings. The van der Waals surface area contributed by atoms with E-state index in [4.69, 9.17) is 4.42 Å². The van der Waals surface area contributed by atoms with Gasteiger partial charge in [-0.15, -0.1) is 6.58 Å². The van der Waals surface area contributed by atoms with Gasteiger partial charge in [-0.05, 0) is 77.9 Å². The molecule has 0 spiro atoms. The second kappa shape index (κ2) is 13.7. The quantitative estimate of drug-likeness (QED) is 0.139. The number of allylic oxidation sites excluding steroid dienone is 7. The van der Waals surface area contributed by atoms with Gasteiger partial charge in [0.2, 0.25) is 0 Å². The highest BCUT2D eigenvalue weighted by Gasteiger charge is 2.39. The van der Waals surface area contributed by atoms with Gasteiger partial charge in [-0.25, -0.2) is 0 Å². The maximum Gasteiger partial charge on any atom is 0.143 e. The molecular formula is C47H41NO. The first-order valence-electron chi connectivity index (χ1n) is 17.0. The zero-order valence-electron chi connectivity index (χ0n) is 28.2. The van der Waals surface area contributed by atoms with Crippen molar-refractivity contribution < 1.29 is 4.42 Å². The predicted octanol–water partition coefficient (Wildman–Crippen LogP) is 11.1. The van der Waals surface area contributed by atoms with Crippen LogP contribution in [0.25, 0.3) is 44.3 Å². The van der Waals surface area contributed by atoms with Crippen LogP contribution in [0.15, 0.2) is 181 Å². The molecule has 1 atom stereocenters. The monoisotopic (exact) mass is 635 g/mol. The molecule has 1 unspecified atom stereocenters. The number of anilines is 1. The highest BCUT2D eigenvalue weighted by atomic mass is 16.3. The summed E-state index contributed by atoms with van der Waals surface area (Å²) in [7, 11) is 0. The van der Waals surface area contributed by atoms with E-state index in [0.29, 0.717) is 0 Å². The second-order valence-electron chi connectivity index (χ2n) is 12.8. The Balaban J connectivity index is 0.00000122. The summed E-state index contributed by atoms with van der Waals surface area (Å²) >= 11 is 0. The van der Waals surface area contributed by atoms with E-state index in [1.54, 1.807) is 6.08 Å². The van der Waals surface area contributed by atoms with Crippen molar-refractivity contribution in [3.8, 4) is 11.1 Å². The SMILES string of the molecule is C=C/C=C\Cc1cc(-c2cccc3c2oc2ccccc23)ccc1NC1=c2ccccc2=C(c2ccccc2)C2=CC=CCC21C.C=CC. The summed E-state index contributed by atoms with van der Waals surface area (Å²) in [5, 5.41) is 8.82. The molecule has 0 saturated heterocycles. The third-order valence-electron chi connectivity index (χ3n) is 9.56. The number of rotatable bonds is 7. The minimum Gasteiger partial charge on any atom is -0.455 e. The van der Waals surface area contributed by atoms with Crippen molar-refractivity contribution in [2.75, 3.05) is 5.32 Å². The summed E-state index contributed by atoms with van der Waals surface area (Å²) in [4.78, 5) is 0. The van der Waals surface area contributed by atoms with E-state index in [9.17, 15) is 0 Å². The molecule has 1 aromatic heterocycles. The summed E-state index contributed by atoms with van der Waals surface area (Å²) < 4.78 is 6.42. The number of para-hydroxylation sites is 2. The molecule has 2 heteroatoms. The molecular weight excluding hydrogens is 595 g/mol. The van der Waals surface area contributed by atoms with Gasteiger partial charge in [-0.3, -0.25) is 0 Å². The van der Waals surface area contributed by atoms with Crippen molar-refractivity contribution in [3.05, 3.63) is 198 Å². The first-order chi connectivity index (χ1) is 24.1. The van der Waals surface area contributed by atoms with E-state index in [1.165, 1.54) is 38.4 Å². The van der Waals surface area contributed by atoms with Crippen LogP contribution in [-0.4, -0.2) is 0 Å². The molecule has 0 radical (unpaired) electrons. The van der Waals surface area contributed by atoms with Gasteiger partial charge in [0.15, 0.2) is 0 Å². The highest BCUT2D eigenvalue weighted by Crippen LogP contribution is 2.48. The van der Waals surface area contributed by atoms with E-state index in [0.717, 1.165) is 51.6 Å². The number of fused-ring (bicyclic) bond motifs is 5. The lowest BCUT2D eigenvalue weighted by Gasteiger charge is -2.40. The zero-order chi connectivity index (χ0) is 33.8. The maximum absolute atomic E-state index is 6.42. The lowest BCUT2D eigenvalue weighted by atomic mass is 9.66. The standard InChI is InChI=1S/C44H35NO.C3H6/c1-3-4-6-18-32-29-31(33-22-15-23-36-34-19-11-12-25-40(34)46-42(33)36)26-27-39(32)45-43-37-21-10-9-20-35(37)41(30-16-7-5-8-17-30)38-24-13-14-28-44(38,43)2;1-3-2/h3-17,19-27,29,45H,1,18,28H2,2H3;3H,1H2,2H3/b6-4-;. The van der Waals surface area contributed by atoms with Crippen LogP contribution in [-0.2, 0) is 6.42 Å². The molecule has 8 rings (SSSR count). The summed E-state index contributed by atoms with van der Waals surface area (Å²) in [5.41, 5.74) is 11.3. The normalized spacial score (nSPS) is 16.5.